The maximum atomic E-state index is 11.2. The molecule has 15 heavy (non-hydrogen) atoms. The molecule has 1 rings (SSSR count). The van der Waals surface area contributed by atoms with Crippen molar-refractivity contribution in [2.75, 3.05) is 25.1 Å². The number of nitrogens with zero attached hydrogens (tertiary/aromatic N) is 1. The summed E-state index contributed by atoms with van der Waals surface area (Å²) in [7, 11) is 1.41. The van der Waals surface area contributed by atoms with Crippen molar-refractivity contribution in [1.82, 2.24) is 0 Å². The van der Waals surface area contributed by atoms with Crippen molar-refractivity contribution < 1.29 is 9.53 Å². The number of methoxy groups -OCH3 is 1. The Morgan fingerprint density at radius 1 is 1.33 bits per heavy atom. The maximum Gasteiger partial charge on any atom is 0.325 e. The van der Waals surface area contributed by atoms with E-state index < -0.39 is 0 Å². The van der Waals surface area contributed by atoms with E-state index in [1.807, 2.05) is 43.0 Å². The van der Waals surface area contributed by atoms with Crippen molar-refractivity contribution >= 4 is 11.7 Å². The van der Waals surface area contributed by atoms with Gasteiger partial charge >= 0.3 is 5.97 Å². The predicted octanol–water partition coefficient (Wildman–Crippen LogP) is 1.99. The number of hydrogen-bond acceptors (Lipinski definition) is 3. The van der Waals surface area contributed by atoms with Gasteiger partial charge in [-0.2, -0.15) is 0 Å². The Morgan fingerprint density at radius 2 is 1.93 bits per heavy atom. The number of likely N-dealkylation sites (N-methyl/N-ethyl adjacent to an activating group) is 1. The van der Waals surface area contributed by atoms with Crippen molar-refractivity contribution in [2.24, 2.45) is 0 Å². The molecule has 0 aliphatic carbocycles. The summed E-state index contributed by atoms with van der Waals surface area (Å²) in [6.07, 6.45) is 0. The van der Waals surface area contributed by atoms with E-state index in [0.29, 0.717) is 6.54 Å². The highest BCUT2D eigenvalue weighted by molar-refractivity contribution is 5.75. The highest BCUT2D eigenvalue weighted by atomic mass is 16.5. The molecule has 0 spiro atoms. The molecule has 0 radical (unpaired) electrons. The smallest absolute Gasteiger partial charge is 0.325 e. The van der Waals surface area contributed by atoms with Crippen LogP contribution in [0.3, 0.4) is 0 Å². The minimum absolute atomic E-state index is 0.211. The second kappa shape index (κ2) is 5.39. The van der Waals surface area contributed by atoms with Crippen LogP contribution in [0.25, 0.3) is 0 Å². The van der Waals surface area contributed by atoms with Crippen molar-refractivity contribution in [3.63, 3.8) is 0 Å². The van der Waals surface area contributed by atoms with Gasteiger partial charge in [0.2, 0.25) is 0 Å². The third-order valence-corrected chi connectivity index (χ3v) is 2.33. The van der Waals surface area contributed by atoms with Crippen LogP contribution in [0.15, 0.2) is 24.3 Å². The van der Waals surface area contributed by atoms with Gasteiger partial charge in [0.25, 0.3) is 0 Å². The Kier molecular flexibility index (Phi) is 4.16. The van der Waals surface area contributed by atoms with Gasteiger partial charge in [-0.25, -0.2) is 0 Å². The van der Waals surface area contributed by atoms with Gasteiger partial charge in [-0.1, -0.05) is 17.7 Å². The van der Waals surface area contributed by atoms with E-state index in [1.54, 1.807) is 0 Å². The van der Waals surface area contributed by atoms with Crippen molar-refractivity contribution in [1.29, 1.82) is 0 Å². The summed E-state index contributed by atoms with van der Waals surface area (Å²) < 4.78 is 4.65. The molecule has 0 aliphatic rings. The molecule has 0 heterocycles. The third-order valence-electron chi connectivity index (χ3n) is 2.33. The summed E-state index contributed by atoms with van der Waals surface area (Å²) >= 11 is 0. The molecule has 82 valence electrons. The Balaban J connectivity index is 2.74. The predicted molar refractivity (Wildman–Crippen MR) is 61.1 cm³/mol. The Morgan fingerprint density at radius 3 is 2.40 bits per heavy atom. The molecule has 0 fully saturated rings. The number of hydrogen-bond donors (Lipinski definition) is 0. The molecule has 0 saturated carbocycles. The van der Waals surface area contributed by atoms with Gasteiger partial charge in [0, 0.05) is 12.2 Å². The van der Waals surface area contributed by atoms with E-state index in [-0.39, 0.29) is 5.97 Å². The molecule has 0 aliphatic heterocycles. The molecule has 3 heteroatoms. The summed E-state index contributed by atoms with van der Waals surface area (Å²) in [5.41, 5.74) is 2.27. The normalized spacial score (nSPS) is 9.80. The topological polar surface area (TPSA) is 29.5 Å². The van der Waals surface area contributed by atoms with Gasteiger partial charge < -0.3 is 9.64 Å². The van der Waals surface area contributed by atoms with Crippen LogP contribution in [0.5, 0.6) is 0 Å². The van der Waals surface area contributed by atoms with E-state index in [1.165, 1.54) is 12.7 Å². The van der Waals surface area contributed by atoms with E-state index in [2.05, 4.69) is 4.74 Å². The Bertz CT molecular complexity index is 319. The number of carbonyl (C=O) groups excluding carboxylic acids is 1. The van der Waals surface area contributed by atoms with E-state index in [0.717, 1.165) is 12.2 Å². The van der Waals surface area contributed by atoms with Crippen LogP contribution in [0, 0.1) is 6.92 Å². The summed E-state index contributed by atoms with van der Waals surface area (Å²) in [5, 5.41) is 0. The van der Waals surface area contributed by atoms with Crippen molar-refractivity contribution in [3.8, 4) is 0 Å². The number of aryl methyl sites for hydroxylation is 1. The number of esters is 1. The lowest BCUT2D eigenvalue weighted by atomic mass is 10.2. The first-order valence-electron chi connectivity index (χ1n) is 5.05. The van der Waals surface area contributed by atoms with E-state index in [4.69, 9.17) is 0 Å². The van der Waals surface area contributed by atoms with Crippen LogP contribution in [-0.2, 0) is 9.53 Å². The second-order valence-electron chi connectivity index (χ2n) is 3.43. The summed E-state index contributed by atoms with van der Waals surface area (Å²) in [6.45, 7) is 5.15. The van der Waals surface area contributed by atoms with Gasteiger partial charge in [0.05, 0.1) is 7.11 Å². The molecule has 1 aromatic carbocycles. The van der Waals surface area contributed by atoms with E-state index in [9.17, 15) is 4.79 Å². The van der Waals surface area contributed by atoms with Crippen LogP contribution in [-0.4, -0.2) is 26.2 Å². The number of rotatable bonds is 4. The fraction of sp³-hybridized carbons (Fsp3) is 0.417. The Labute approximate surface area is 90.7 Å². The van der Waals surface area contributed by atoms with Crippen LogP contribution in [0.2, 0.25) is 0 Å². The first kappa shape index (κ1) is 11.6. The molecule has 1 aromatic rings. The van der Waals surface area contributed by atoms with Crippen molar-refractivity contribution in [3.05, 3.63) is 29.8 Å². The lowest BCUT2D eigenvalue weighted by molar-refractivity contribution is -0.138. The first-order valence-corrected chi connectivity index (χ1v) is 5.05. The molecule has 3 nitrogen and oxygen atoms in total. The van der Waals surface area contributed by atoms with Crippen LogP contribution in [0.4, 0.5) is 5.69 Å². The molecule has 0 aromatic heterocycles. The third kappa shape index (κ3) is 3.27. The highest BCUT2D eigenvalue weighted by Crippen LogP contribution is 2.14. The van der Waals surface area contributed by atoms with Crippen LogP contribution >= 0.6 is 0 Å². The largest absolute Gasteiger partial charge is 0.468 e. The maximum absolute atomic E-state index is 11.2. The lowest BCUT2D eigenvalue weighted by Gasteiger charge is -2.21. The summed E-state index contributed by atoms with van der Waals surface area (Å²) in [5.74, 6) is -0.211. The molecule has 0 unspecified atom stereocenters. The monoisotopic (exact) mass is 207 g/mol. The molecule has 0 saturated heterocycles. The minimum atomic E-state index is -0.211. The Hall–Kier alpha value is -1.51. The summed E-state index contributed by atoms with van der Waals surface area (Å²) in [6, 6.07) is 8.11. The highest BCUT2D eigenvalue weighted by Gasteiger charge is 2.09. The van der Waals surface area contributed by atoms with Gasteiger partial charge in [-0.3, -0.25) is 4.79 Å². The molecule has 0 bridgehead atoms. The molecule has 0 N–H and O–H groups in total. The number of ether oxygens (including phenoxy) is 1. The second-order valence-corrected chi connectivity index (χ2v) is 3.43. The summed E-state index contributed by atoms with van der Waals surface area (Å²) in [4.78, 5) is 13.1. The number of carbonyl (C=O) groups is 1. The molecular weight excluding hydrogens is 190 g/mol. The zero-order valence-electron chi connectivity index (χ0n) is 9.49. The lowest BCUT2D eigenvalue weighted by Crippen LogP contribution is -2.30. The number of benzene rings is 1. The zero-order valence-corrected chi connectivity index (χ0v) is 9.49. The van der Waals surface area contributed by atoms with Gasteiger partial charge in [0.15, 0.2) is 0 Å². The van der Waals surface area contributed by atoms with Crippen molar-refractivity contribution in [2.45, 2.75) is 13.8 Å². The van der Waals surface area contributed by atoms with Gasteiger partial charge in [-0.15, -0.1) is 0 Å². The van der Waals surface area contributed by atoms with Gasteiger partial charge in [0.1, 0.15) is 6.54 Å². The quantitative estimate of drug-likeness (QED) is 0.707. The standard InChI is InChI=1S/C12H17NO2/c1-4-13(9-12(14)15-3)11-7-5-10(2)6-8-11/h5-8H,4,9H2,1-3H3. The van der Waals surface area contributed by atoms with Crippen LogP contribution < -0.4 is 4.90 Å². The average molecular weight is 207 g/mol. The molecular formula is C12H17NO2. The fourth-order valence-electron chi connectivity index (χ4n) is 1.36. The average Bonchev–Trinajstić information content (AvgIpc) is 2.27. The minimum Gasteiger partial charge on any atom is -0.468 e. The fourth-order valence-corrected chi connectivity index (χ4v) is 1.36. The van der Waals surface area contributed by atoms with E-state index >= 15 is 0 Å². The zero-order chi connectivity index (χ0) is 11.3. The van der Waals surface area contributed by atoms with Crippen LogP contribution in [0.1, 0.15) is 12.5 Å². The SMILES string of the molecule is CCN(CC(=O)OC)c1ccc(C)cc1. The molecule has 0 atom stereocenters. The number of anilines is 1. The molecule has 0 amide bonds. The van der Waals surface area contributed by atoms with Gasteiger partial charge in [-0.05, 0) is 26.0 Å². The first-order chi connectivity index (χ1) is 7.17.